The van der Waals surface area contributed by atoms with E-state index in [1.165, 1.54) is 29.7 Å². The van der Waals surface area contributed by atoms with E-state index in [-0.39, 0.29) is 35.7 Å². The molecule has 1 aromatic carbocycles. The van der Waals surface area contributed by atoms with Crippen LogP contribution in [0.5, 0.6) is 0 Å². The normalized spacial score (nSPS) is 13.7. The Balaban J connectivity index is 1.08. The van der Waals surface area contributed by atoms with E-state index in [4.69, 9.17) is 14.6 Å². The van der Waals surface area contributed by atoms with Gasteiger partial charge in [-0.1, -0.05) is 5.16 Å². The molecule has 0 unspecified atom stereocenters. The summed E-state index contributed by atoms with van der Waals surface area (Å²) in [6.07, 6.45) is 9.85. The minimum absolute atomic E-state index is 0.0331. The molecule has 0 bridgehead atoms. The van der Waals surface area contributed by atoms with E-state index in [0.29, 0.717) is 59.2 Å². The maximum atomic E-state index is 13.9. The standard InChI is InChI=1S/C35H28FN9O3S/c1-21-33(49-34(39-21)23-3-2-13-37-18-23)29(46)17-25-19-45-30(40-25)9-8-27(41-45)32-31(22-4-6-24(36)7-5-22)38-20-44(32)26-10-14-43(15-11-26)35(47)28-12-16-48-42-28/h2-9,12-13,16,18-20,26H,10-11,14-15,17H2,1H3. The topological polar surface area (TPSA) is 137 Å². The highest BCUT2D eigenvalue weighted by Gasteiger charge is 2.29. The molecule has 0 atom stereocenters. The number of halogens is 1. The van der Waals surface area contributed by atoms with Crippen molar-refractivity contribution in [3.8, 4) is 33.2 Å². The number of benzene rings is 1. The minimum Gasteiger partial charge on any atom is -0.364 e. The number of aryl methyl sites for hydroxylation is 1. The average Bonchev–Trinajstić information content (AvgIpc) is 3.95. The van der Waals surface area contributed by atoms with Gasteiger partial charge in [0.15, 0.2) is 17.1 Å². The van der Waals surface area contributed by atoms with Gasteiger partial charge in [-0.15, -0.1) is 11.3 Å². The van der Waals surface area contributed by atoms with Crippen LogP contribution in [-0.2, 0) is 6.42 Å². The molecule has 0 N–H and O–H groups in total. The number of likely N-dealkylation sites (tertiary alicyclic amines) is 1. The van der Waals surface area contributed by atoms with Crippen molar-refractivity contribution < 1.29 is 18.5 Å². The Kier molecular flexibility index (Phi) is 7.84. The Hall–Kier alpha value is -5.89. The summed E-state index contributed by atoms with van der Waals surface area (Å²) >= 11 is 1.35. The molecule has 1 fully saturated rings. The molecular weight excluding hydrogens is 646 g/mol. The van der Waals surface area contributed by atoms with Gasteiger partial charge in [0.05, 0.1) is 46.6 Å². The lowest BCUT2D eigenvalue weighted by Crippen LogP contribution is -2.39. The summed E-state index contributed by atoms with van der Waals surface area (Å²) in [5.74, 6) is -0.569. The van der Waals surface area contributed by atoms with Crippen LogP contribution in [-0.4, -0.2) is 69.0 Å². The number of ketones is 1. The first-order valence-corrected chi connectivity index (χ1v) is 16.5. The lowest BCUT2D eigenvalue weighted by Gasteiger charge is -2.33. The molecule has 6 aromatic heterocycles. The van der Waals surface area contributed by atoms with Crippen molar-refractivity contribution in [1.82, 2.24) is 44.2 Å². The number of imidazole rings is 2. The van der Waals surface area contributed by atoms with E-state index in [0.717, 1.165) is 21.8 Å². The lowest BCUT2D eigenvalue weighted by molar-refractivity contribution is 0.0684. The van der Waals surface area contributed by atoms with Gasteiger partial charge in [0.1, 0.15) is 22.8 Å². The number of nitrogens with zero attached hydrogens (tertiary/aromatic N) is 9. The van der Waals surface area contributed by atoms with Crippen molar-refractivity contribution in [2.24, 2.45) is 0 Å². The number of carbonyl (C=O) groups is 2. The SMILES string of the molecule is Cc1nc(-c2cccnc2)sc1C(=O)Cc1cn2nc(-c3c(-c4ccc(F)cc4)ncn3C3CCN(C(=O)c4ccon4)CC3)ccc2n1. The Morgan fingerprint density at radius 1 is 1.02 bits per heavy atom. The molecule has 1 saturated heterocycles. The number of amides is 1. The van der Waals surface area contributed by atoms with Gasteiger partial charge in [0, 0.05) is 48.7 Å². The molecular formula is C35H28FN9O3S. The van der Waals surface area contributed by atoms with Gasteiger partial charge < -0.3 is 14.0 Å². The van der Waals surface area contributed by atoms with Crippen LogP contribution < -0.4 is 0 Å². The van der Waals surface area contributed by atoms with Gasteiger partial charge >= 0.3 is 0 Å². The van der Waals surface area contributed by atoms with Gasteiger partial charge in [-0.2, -0.15) is 5.10 Å². The maximum absolute atomic E-state index is 13.9. The van der Waals surface area contributed by atoms with Gasteiger partial charge in [-0.05, 0) is 68.3 Å². The van der Waals surface area contributed by atoms with Crippen molar-refractivity contribution in [2.45, 2.75) is 32.2 Å². The molecule has 1 aliphatic heterocycles. The molecule has 14 heteroatoms. The number of thiazole rings is 1. The number of hydrogen-bond acceptors (Lipinski definition) is 10. The zero-order valence-electron chi connectivity index (χ0n) is 26.2. The van der Waals surface area contributed by atoms with Crippen LogP contribution in [0.15, 0.2) is 90.3 Å². The predicted octanol–water partition coefficient (Wildman–Crippen LogP) is 6.12. The lowest BCUT2D eigenvalue weighted by atomic mass is 10.0. The van der Waals surface area contributed by atoms with Crippen LogP contribution in [0.1, 0.15) is 50.4 Å². The number of aromatic nitrogens is 8. The molecule has 244 valence electrons. The maximum Gasteiger partial charge on any atom is 0.276 e. The van der Waals surface area contributed by atoms with Gasteiger partial charge in [-0.3, -0.25) is 14.6 Å². The molecule has 0 spiro atoms. The number of carbonyl (C=O) groups excluding carboxylic acids is 2. The highest BCUT2D eigenvalue weighted by molar-refractivity contribution is 7.17. The first-order chi connectivity index (χ1) is 23.9. The Morgan fingerprint density at radius 3 is 2.61 bits per heavy atom. The highest BCUT2D eigenvalue weighted by atomic mass is 32.1. The first-order valence-electron chi connectivity index (χ1n) is 15.7. The summed E-state index contributed by atoms with van der Waals surface area (Å²) in [5, 5.41) is 9.46. The number of pyridine rings is 1. The van der Waals surface area contributed by atoms with Crippen LogP contribution >= 0.6 is 11.3 Å². The number of rotatable bonds is 8. The number of fused-ring (bicyclic) bond motifs is 1. The third kappa shape index (κ3) is 5.91. The Labute approximate surface area is 282 Å². The largest absolute Gasteiger partial charge is 0.364 e. The third-order valence-corrected chi connectivity index (χ3v) is 9.87. The predicted molar refractivity (Wildman–Crippen MR) is 178 cm³/mol. The molecule has 1 aliphatic rings. The fourth-order valence-corrected chi connectivity index (χ4v) is 7.19. The number of Topliss-reactive ketones (excluding diaryl/α,β-unsaturated/α-hetero) is 1. The van der Waals surface area contributed by atoms with E-state index >= 15 is 0 Å². The molecule has 0 aliphatic carbocycles. The Morgan fingerprint density at radius 2 is 1.86 bits per heavy atom. The average molecular weight is 674 g/mol. The monoisotopic (exact) mass is 673 g/mol. The van der Waals surface area contributed by atoms with E-state index < -0.39 is 0 Å². The molecule has 7 aromatic rings. The fourth-order valence-electron chi connectivity index (χ4n) is 6.20. The van der Waals surface area contributed by atoms with E-state index in [9.17, 15) is 14.0 Å². The summed E-state index contributed by atoms with van der Waals surface area (Å²) in [7, 11) is 0. The summed E-state index contributed by atoms with van der Waals surface area (Å²) in [4.78, 5) is 46.9. The summed E-state index contributed by atoms with van der Waals surface area (Å²) in [6.45, 7) is 2.91. The fraction of sp³-hybridized carbons (Fsp3) is 0.200. The number of hydrogen-bond donors (Lipinski definition) is 0. The second-order valence-corrected chi connectivity index (χ2v) is 12.8. The van der Waals surface area contributed by atoms with Crippen molar-refractivity contribution in [3.63, 3.8) is 0 Å². The second kappa shape index (κ2) is 12.6. The smallest absolute Gasteiger partial charge is 0.276 e. The van der Waals surface area contributed by atoms with Crippen LogP contribution in [0.2, 0.25) is 0 Å². The van der Waals surface area contributed by atoms with Crippen molar-refractivity contribution in [3.05, 3.63) is 114 Å². The molecule has 0 saturated carbocycles. The van der Waals surface area contributed by atoms with Crippen molar-refractivity contribution in [2.75, 3.05) is 13.1 Å². The van der Waals surface area contributed by atoms with Gasteiger partial charge in [0.25, 0.3) is 5.91 Å². The quantitative estimate of drug-likeness (QED) is 0.175. The van der Waals surface area contributed by atoms with Gasteiger partial charge in [0.2, 0.25) is 0 Å². The van der Waals surface area contributed by atoms with E-state index in [2.05, 4.69) is 24.7 Å². The molecule has 0 radical (unpaired) electrons. The first kappa shape index (κ1) is 30.4. The van der Waals surface area contributed by atoms with E-state index in [1.807, 2.05) is 31.2 Å². The van der Waals surface area contributed by atoms with Crippen LogP contribution in [0, 0.1) is 12.7 Å². The van der Waals surface area contributed by atoms with Crippen LogP contribution in [0.4, 0.5) is 4.39 Å². The van der Waals surface area contributed by atoms with Crippen molar-refractivity contribution in [1.29, 1.82) is 0 Å². The van der Waals surface area contributed by atoms with Gasteiger partial charge in [-0.25, -0.2) is 23.9 Å². The molecule has 8 rings (SSSR count). The molecule has 7 heterocycles. The molecule has 49 heavy (non-hydrogen) atoms. The highest BCUT2D eigenvalue weighted by Crippen LogP contribution is 2.36. The summed E-state index contributed by atoms with van der Waals surface area (Å²) in [5.41, 5.74) is 5.82. The molecule has 1 amide bonds. The van der Waals surface area contributed by atoms with Crippen LogP contribution in [0.25, 0.3) is 38.9 Å². The zero-order chi connectivity index (χ0) is 33.5. The summed E-state index contributed by atoms with van der Waals surface area (Å²) in [6, 6.07) is 15.3. The number of piperidine rings is 1. The van der Waals surface area contributed by atoms with Crippen molar-refractivity contribution >= 4 is 28.7 Å². The zero-order valence-corrected chi connectivity index (χ0v) is 27.0. The molecule has 12 nitrogen and oxygen atoms in total. The summed E-state index contributed by atoms with van der Waals surface area (Å²) < 4.78 is 22.5. The van der Waals surface area contributed by atoms with Crippen LogP contribution in [0.3, 0.4) is 0 Å². The third-order valence-electron chi connectivity index (χ3n) is 8.63. The minimum atomic E-state index is -0.337. The Bertz CT molecular complexity index is 2290. The second-order valence-electron chi connectivity index (χ2n) is 11.8. The van der Waals surface area contributed by atoms with E-state index in [1.54, 1.807) is 52.5 Å².